The second-order valence-electron chi connectivity index (χ2n) is 5.60. The maximum Gasteiger partial charge on any atom is 0.242 e. The Morgan fingerprint density at radius 3 is 2.90 bits per heavy atom. The van der Waals surface area contributed by atoms with Crippen molar-refractivity contribution in [2.45, 2.75) is 51.1 Å². The maximum atomic E-state index is 12.2. The third kappa shape index (κ3) is 2.52. The average molecular weight is 276 g/mol. The lowest BCUT2D eigenvalue weighted by atomic mass is 9.75. The van der Waals surface area contributed by atoms with Crippen molar-refractivity contribution in [1.29, 1.82) is 0 Å². The molecule has 0 bridgehead atoms. The highest BCUT2D eigenvalue weighted by Gasteiger charge is 2.42. The van der Waals surface area contributed by atoms with E-state index in [9.17, 15) is 4.79 Å². The highest BCUT2D eigenvalue weighted by molar-refractivity contribution is 5.87. The van der Waals surface area contributed by atoms with Gasteiger partial charge in [0.05, 0.1) is 7.11 Å². The number of rotatable bonds is 5. The highest BCUT2D eigenvalue weighted by atomic mass is 16.5. The largest absolute Gasteiger partial charge is 0.497 e. The molecule has 0 aliphatic heterocycles. The molecule has 1 amide bonds. The summed E-state index contributed by atoms with van der Waals surface area (Å²) in [4.78, 5) is 12.2. The molecule has 0 heterocycles. The minimum Gasteiger partial charge on any atom is -0.497 e. The van der Waals surface area contributed by atoms with Crippen molar-refractivity contribution in [3.63, 3.8) is 0 Å². The molecule has 1 aliphatic carbocycles. The van der Waals surface area contributed by atoms with Gasteiger partial charge < -0.3 is 10.5 Å². The number of methoxy groups -OCH3 is 1. The molecule has 0 spiro atoms. The Kier molecular flexibility index (Phi) is 4.33. The molecule has 1 aromatic rings. The molecule has 1 aromatic carbocycles. The van der Waals surface area contributed by atoms with Crippen LogP contribution in [0.5, 0.6) is 5.75 Å². The van der Waals surface area contributed by atoms with Crippen LogP contribution in [-0.2, 0) is 16.8 Å². The summed E-state index contributed by atoms with van der Waals surface area (Å²) in [6.45, 7) is 4.18. The Labute approximate surface area is 120 Å². The number of carbonyl (C=O) groups excluding carboxylic acids is 1. The van der Waals surface area contributed by atoms with Gasteiger partial charge in [-0.25, -0.2) is 0 Å². The topological polar surface area (TPSA) is 64.3 Å². The van der Waals surface area contributed by atoms with Gasteiger partial charge in [-0.2, -0.15) is 0 Å². The van der Waals surface area contributed by atoms with Gasteiger partial charge in [-0.1, -0.05) is 13.0 Å². The number of nitrogens with two attached hydrogens (primary N) is 1. The SMILES string of the molecule is CCC(C)NC1(C(N)=O)CCCc2ccc(OC)cc21. The number of primary amides is 1. The maximum absolute atomic E-state index is 12.2. The Morgan fingerprint density at radius 1 is 1.55 bits per heavy atom. The predicted octanol–water partition coefficient (Wildman–Crippen LogP) is 2.10. The zero-order chi connectivity index (χ0) is 14.8. The average Bonchev–Trinajstić information content (AvgIpc) is 2.46. The first-order valence-corrected chi connectivity index (χ1v) is 7.28. The van der Waals surface area contributed by atoms with Crippen LogP contribution >= 0.6 is 0 Å². The van der Waals surface area contributed by atoms with Crippen LogP contribution in [0.4, 0.5) is 0 Å². The van der Waals surface area contributed by atoms with E-state index in [-0.39, 0.29) is 11.9 Å². The van der Waals surface area contributed by atoms with Crippen LogP contribution in [-0.4, -0.2) is 19.1 Å². The van der Waals surface area contributed by atoms with Crippen molar-refractivity contribution in [3.8, 4) is 5.75 Å². The number of carbonyl (C=O) groups is 1. The summed E-state index contributed by atoms with van der Waals surface area (Å²) in [7, 11) is 1.64. The van der Waals surface area contributed by atoms with Crippen LogP contribution in [0, 0.1) is 0 Å². The first kappa shape index (κ1) is 14.9. The molecule has 20 heavy (non-hydrogen) atoms. The van der Waals surface area contributed by atoms with E-state index in [2.05, 4.69) is 19.2 Å². The van der Waals surface area contributed by atoms with E-state index in [1.165, 1.54) is 5.56 Å². The van der Waals surface area contributed by atoms with Gasteiger partial charge >= 0.3 is 0 Å². The molecule has 2 atom stereocenters. The smallest absolute Gasteiger partial charge is 0.242 e. The van der Waals surface area contributed by atoms with Crippen molar-refractivity contribution in [1.82, 2.24) is 5.32 Å². The van der Waals surface area contributed by atoms with Crippen molar-refractivity contribution in [3.05, 3.63) is 29.3 Å². The standard InChI is InChI=1S/C16H24N2O2/c1-4-11(2)18-16(15(17)19)9-5-6-12-7-8-13(20-3)10-14(12)16/h7-8,10-11,18H,4-6,9H2,1-3H3,(H2,17,19). The molecule has 4 heteroatoms. The summed E-state index contributed by atoms with van der Waals surface area (Å²) in [6, 6.07) is 6.18. The fourth-order valence-electron chi connectivity index (χ4n) is 2.98. The van der Waals surface area contributed by atoms with E-state index in [1.54, 1.807) is 7.11 Å². The van der Waals surface area contributed by atoms with Gasteiger partial charge in [0.25, 0.3) is 0 Å². The lowest BCUT2D eigenvalue weighted by Gasteiger charge is -2.39. The third-order valence-electron chi connectivity index (χ3n) is 4.30. The number of aryl methyl sites for hydroxylation is 1. The monoisotopic (exact) mass is 276 g/mol. The number of benzene rings is 1. The van der Waals surface area contributed by atoms with Crippen molar-refractivity contribution < 1.29 is 9.53 Å². The molecular formula is C16H24N2O2. The van der Waals surface area contributed by atoms with E-state index in [4.69, 9.17) is 10.5 Å². The summed E-state index contributed by atoms with van der Waals surface area (Å²) in [6.07, 6.45) is 3.64. The number of hydrogen-bond donors (Lipinski definition) is 2. The lowest BCUT2D eigenvalue weighted by Crippen LogP contribution is -2.57. The van der Waals surface area contributed by atoms with Crippen molar-refractivity contribution in [2.75, 3.05) is 7.11 Å². The van der Waals surface area contributed by atoms with E-state index in [1.807, 2.05) is 18.2 Å². The summed E-state index contributed by atoms with van der Waals surface area (Å²) in [5.41, 5.74) is 7.17. The number of hydrogen-bond acceptors (Lipinski definition) is 3. The number of nitrogens with one attached hydrogen (secondary N) is 1. The minimum atomic E-state index is -0.766. The summed E-state index contributed by atoms with van der Waals surface area (Å²) in [5.74, 6) is 0.467. The van der Waals surface area contributed by atoms with E-state index < -0.39 is 5.54 Å². The molecule has 0 radical (unpaired) electrons. The zero-order valence-corrected chi connectivity index (χ0v) is 12.5. The Balaban J connectivity index is 2.52. The Bertz CT molecular complexity index is 501. The molecule has 0 saturated heterocycles. The first-order valence-electron chi connectivity index (χ1n) is 7.28. The number of ether oxygens (including phenoxy) is 1. The third-order valence-corrected chi connectivity index (χ3v) is 4.30. The summed E-state index contributed by atoms with van der Waals surface area (Å²) >= 11 is 0. The van der Waals surface area contributed by atoms with Crippen LogP contribution in [0.25, 0.3) is 0 Å². The van der Waals surface area contributed by atoms with E-state index in [0.29, 0.717) is 0 Å². The normalized spacial score (nSPS) is 22.9. The molecular weight excluding hydrogens is 252 g/mol. The summed E-state index contributed by atoms with van der Waals surface area (Å²) < 4.78 is 5.30. The first-order chi connectivity index (χ1) is 9.53. The van der Waals surface area contributed by atoms with Gasteiger partial charge in [-0.15, -0.1) is 0 Å². The Morgan fingerprint density at radius 2 is 2.30 bits per heavy atom. The van der Waals surface area contributed by atoms with Gasteiger partial charge in [0.1, 0.15) is 11.3 Å². The highest BCUT2D eigenvalue weighted by Crippen LogP contribution is 2.37. The molecule has 2 unspecified atom stereocenters. The van der Waals surface area contributed by atoms with Gasteiger partial charge in [0.2, 0.25) is 5.91 Å². The van der Waals surface area contributed by atoms with Crippen LogP contribution in [0.15, 0.2) is 18.2 Å². The van der Waals surface area contributed by atoms with Crippen molar-refractivity contribution >= 4 is 5.91 Å². The van der Waals surface area contributed by atoms with Gasteiger partial charge in [-0.05, 0) is 55.9 Å². The quantitative estimate of drug-likeness (QED) is 0.865. The number of fused-ring (bicyclic) bond motifs is 1. The second kappa shape index (κ2) is 5.83. The Hall–Kier alpha value is -1.55. The summed E-state index contributed by atoms with van der Waals surface area (Å²) in [5, 5.41) is 3.46. The lowest BCUT2D eigenvalue weighted by molar-refractivity contribution is -0.125. The van der Waals surface area contributed by atoms with Crippen molar-refractivity contribution in [2.24, 2.45) is 5.73 Å². The fraction of sp³-hybridized carbons (Fsp3) is 0.562. The van der Waals surface area contributed by atoms with Gasteiger partial charge in [-0.3, -0.25) is 10.1 Å². The molecule has 0 aromatic heterocycles. The fourth-order valence-corrected chi connectivity index (χ4v) is 2.98. The minimum absolute atomic E-state index is 0.236. The molecule has 110 valence electrons. The van der Waals surface area contributed by atoms with Gasteiger partial charge in [0.15, 0.2) is 0 Å². The molecule has 1 aliphatic rings. The molecule has 0 saturated carbocycles. The molecule has 4 nitrogen and oxygen atoms in total. The molecule has 0 fully saturated rings. The van der Waals surface area contributed by atoms with Gasteiger partial charge in [0, 0.05) is 6.04 Å². The zero-order valence-electron chi connectivity index (χ0n) is 12.5. The second-order valence-corrected chi connectivity index (χ2v) is 5.60. The predicted molar refractivity (Wildman–Crippen MR) is 79.7 cm³/mol. The van der Waals surface area contributed by atoms with Crippen LogP contribution in [0.2, 0.25) is 0 Å². The molecule has 3 N–H and O–H groups in total. The van der Waals surface area contributed by atoms with Crippen LogP contribution in [0.1, 0.15) is 44.2 Å². The van der Waals surface area contributed by atoms with Crippen LogP contribution in [0.3, 0.4) is 0 Å². The number of amides is 1. The van der Waals surface area contributed by atoms with Crippen LogP contribution < -0.4 is 15.8 Å². The molecule has 2 rings (SSSR count). The van der Waals surface area contributed by atoms with E-state index in [0.717, 1.165) is 37.0 Å². The van der Waals surface area contributed by atoms with E-state index >= 15 is 0 Å².